The van der Waals surface area contributed by atoms with Gasteiger partial charge in [-0.05, 0) is 34.7 Å². The molecule has 1 atom stereocenters. The van der Waals surface area contributed by atoms with Gasteiger partial charge in [-0.25, -0.2) is 4.79 Å². The maximum atomic E-state index is 12.4. The normalized spacial score (nSPS) is 12.3. The van der Waals surface area contributed by atoms with E-state index < -0.39 is 0 Å². The summed E-state index contributed by atoms with van der Waals surface area (Å²) >= 11 is 5.89. The molecule has 118 valence electrons. The summed E-state index contributed by atoms with van der Waals surface area (Å²) in [5.41, 5.74) is 1.61. The van der Waals surface area contributed by atoms with E-state index in [9.17, 15) is 4.79 Å². The standard InChI is InChI=1S/C16H16ClN5O/c1-20(11-13-7-9-14(17)10-8-13)12-21-16(23)22(19-18-21)15-5-3-2-4-6-15/h2-10H,11-12H2,1H3/p+1. The monoisotopic (exact) mass is 330 g/mol. The van der Waals surface area contributed by atoms with Crippen molar-refractivity contribution in [2.75, 3.05) is 7.05 Å². The predicted molar refractivity (Wildman–Crippen MR) is 87.7 cm³/mol. The predicted octanol–water partition coefficient (Wildman–Crippen LogP) is 0.755. The number of nitrogens with zero attached hydrogens (tertiary/aromatic N) is 4. The average Bonchev–Trinajstić information content (AvgIpc) is 2.91. The number of nitrogens with one attached hydrogen (secondary N) is 1. The second kappa shape index (κ2) is 6.76. The Kier molecular flexibility index (Phi) is 4.55. The molecule has 0 saturated heterocycles. The van der Waals surface area contributed by atoms with Crippen LogP contribution in [0.1, 0.15) is 5.56 Å². The molecule has 7 heteroatoms. The third-order valence-corrected chi connectivity index (χ3v) is 3.73. The fourth-order valence-corrected chi connectivity index (χ4v) is 2.49. The molecule has 23 heavy (non-hydrogen) atoms. The van der Waals surface area contributed by atoms with Crippen LogP contribution in [-0.2, 0) is 13.2 Å². The third-order valence-electron chi connectivity index (χ3n) is 3.48. The van der Waals surface area contributed by atoms with Gasteiger partial charge < -0.3 is 4.90 Å². The minimum absolute atomic E-state index is 0.244. The quantitative estimate of drug-likeness (QED) is 0.751. The molecule has 1 heterocycles. The van der Waals surface area contributed by atoms with Crippen LogP contribution < -0.4 is 10.6 Å². The summed E-state index contributed by atoms with van der Waals surface area (Å²) in [6, 6.07) is 16.9. The van der Waals surface area contributed by atoms with E-state index in [4.69, 9.17) is 11.6 Å². The van der Waals surface area contributed by atoms with Crippen molar-refractivity contribution in [3.63, 3.8) is 0 Å². The van der Waals surface area contributed by atoms with E-state index in [0.29, 0.717) is 17.4 Å². The van der Waals surface area contributed by atoms with Gasteiger partial charge in [-0.1, -0.05) is 41.9 Å². The molecule has 0 radical (unpaired) electrons. The highest BCUT2D eigenvalue weighted by molar-refractivity contribution is 6.30. The van der Waals surface area contributed by atoms with E-state index in [1.807, 2.05) is 61.6 Å². The van der Waals surface area contributed by atoms with Crippen LogP contribution in [-0.4, -0.2) is 26.8 Å². The van der Waals surface area contributed by atoms with Gasteiger partial charge in [0.25, 0.3) is 0 Å². The van der Waals surface area contributed by atoms with Crippen LogP contribution in [0.15, 0.2) is 59.4 Å². The second-order valence-corrected chi connectivity index (χ2v) is 5.86. The summed E-state index contributed by atoms with van der Waals surface area (Å²) in [5.74, 6) is 0. The van der Waals surface area contributed by atoms with Crippen LogP contribution in [0.5, 0.6) is 0 Å². The minimum Gasteiger partial charge on any atom is -0.315 e. The number of para-hydroxylation sites is 1. The molecule has 2 aromatic carbocycles. The molecular weight excluding hydrogens is 314 g/mol. The zero-order chi connectivity index (χ0) is 16.2. The SMILES string of the molecule is C[NH+](Cc1ccc(Cl)cc1)Cn1nnn(-c2ccccc2)c1=O. The molecule has 0 spiro atoms. The smallest absolute Gasteiger partial charge is 0.315 e. The Balaban J connectivity index is 1.72. The summed E-state index contributed by atoms with van der Waals surface area (Å²) in [7, 11) is 2.00. The first kappa shape index (κ1) is 15.5. The van der Waals surface area contributed by atoms with E-state index in [1.165, 1.54) is 9.36 Å². The number of hydrogen-bond acceptors (Lipinski definition) is 3. The lowest BCUT2D eigenvalue weighted by atomic mass is 10.2. The summed E-state index contributed by atoms with van der Waals surface area (Å²) in [4.78, 5) is 13.5. The topological polar surface area (TPSA) is 57.2 Å². The fourth-order valence-electron chi connectivity index (χ4n) is 2.37. The van der Waals surface area contributed by atoms with E-state index >= 15 is 0 Å². The molecule has 0 bridgehead atoms. The maximum absolute atomic E-state index is 12.4. The van der Waals surface area contributed by atoms with Gasteiger partial charge in [0.05, 0.1) is 12.7 Å². The fraction of sp³-hybridized carbons (Fsp3) is 0.188. The van der Waals surface area contributed by atoms with Gasteiger partial charge in [0.15, 0.2) is 6.67 Å². The lowest BCUT2D eigenvalue weighted by Crippen LogP contribution is -3.07. The lowest BCUT2D eigenvalue weighted by molar-refractivity contribution is -0.917. The van der Waals surface area contributed by atoms with Crippen molar-refractivity contribution in [1.82, 2.24) is 19.8 Å². The first-order valence-electron chi connectivity index (χ1n) is 7.27. The van der Waals surface area contributed by atoms with E-state index in [-0.39, 0.29) is 5.69 Å². The van der Waals surface area contributed by atoms with Gasteiger partial charge in [0.2, 0.25) is 0 Å². The summed E-state index contributed by atoms with van der Waals surface area (Å²) in [6.45, 7) is 1.20. The van der Waals surface area contributed by atoms with Crippen LogP contribution in [0.4, 0.5) is 0 Å². The lowest BCUT2D eigenvalue weighted by Gasteiger charge is -2.12. The van der Waals surface area contributed by atoms with Crippen molar-refractivity contribution in [3.8, 4) is 5.69 Å². The zero-order valence-electron chi connectivity index (χ0n) is 12.7. The molecule has 1 aromatic heterocycles. The average molecular weight is 331 g/mol. The van der Waals surface area contributed by atoms with Crippen molar-refractivity contribution < 1.29 is 4.90 Å². The van der Waals surface area contributed by atoms with Gasteiger partial charge >= 0.3 is 5.69 Å². The number of hydrogen-bond donors (Lipinski definition) is 1. The minimum atomic E-state index is -0.244. The number of tetrazole rings is 1. The van der Waals surface area contributed by atoms with Gasteiger partial charge in [0, 0.05) is 10.6 Å². The van der Waals surface area contributed by atoms with Crippen LogP contribution >= 0.6 is 11.6 Å². The molecule has 3 rings (SSSR count). The molecule has 0 aliphatic carbocycles. The van der Waals surface area contributed by atoms with Crippen LogP contribution in [0.25, 0.3) is 5.69 Å². The highest BCUT2D eigenvalue weighted by Gasteiger charge is 2.12. The number of halogens is 1. The number of quaternary nitrogens is 1. The second-order valence-electron chi connectivity index (χ2n) is 5.43. The van der Waals surface area contributed by atoms with Crippen LogP contribution in [0.3, 0.4) is 0 Å². The first-order chi connectivity index (χ1) is 11.1. The highest BCUT2D eigenvalue weighted by Crippen LogP contribution is 2.08. The first-order valence-corrected chi connectivity index (χ1v) is 7.65. The Morgan fingerprint density at radius 1 is 1.04 bits per heavy atom. The Labute approximate surface area is 138 Å². The van der Waals surface area contributed by atoms with Gasteiger partial charge in [-0.2, -0.15) is 4.68 Å². The van der Waals surface area contributed by atoms with Crippen LogP contribution in [0, 0.1) is 0 Å². The van der Waals surface area contributed by atoms with Gasteiger partial charge in [-0.3, -0.25) is 0 Å². The third kappa shape index (κ3) is 3.67. The van der Waals surface area contributed by atoms with Crippen molar-refractivity contribution in [3.05, 3.63) is 75.7 Å². The molecule has 6 nitrogen and oxygen atoms in total. The number of benzene rings is 2. The summed E-state index contributed by atoms with van der Waals surface area (Å²) in [5, 5.41) is 8.62. The molecular formula is C16H17ClN5O+. The molecule has 0 amide bonds. The summed E-state index contributed by atoms with van der Waals surface area (Å²) < 4.78 is 2.67. The number of rotatable bonds is 5. The van der Waals surface area contributed by atoms with E-state index in [0.717, 1.165) is 17.0 Å². The Hall–Kier alpha value is -2.44. The van der Waals surface area contributed by atoms with Crippen molar-refractivity contribution >= 4 is 11.6 Å². The Morgan fingerprint density at radius 3 is 2.43 bits per heavy atom. The molecule has 0 fully saturated rings. The zero-order valence-corrected chi connectivity index (χ0v) is 13.4. The Morgan fingerprint density at radius 2 is 1.74 bits per heavy atom. The molecule has 0 saturated carbocycles. The van der Waals surface area contributed by atoms with Crippen molar-refractivity contribution in [1.29, 1.82) is 0 Å². The van der Waals surface area contributed by atoms with E-state index in [1.54, 1.807) is 0 Å². The van der Waals surface area contributed by atoms with E-state index in [2.05, 4.69) is 10.4 Å². The molecule has 1 unspecified atom stereocenters. The van der Waals surface area contributed by atoms with Crippen LogP contribution in [0.2, 0.25) is 5.02 Å². The molecule has 1 N–H and O–H groups in total. The molecule has 0 aliphatic rings. The van der Waals surface area contributed by atoms with Gasteiger partial charge in [0.1, 0.15) is 6.54 Å². The largest absolute Gasteiger partial charge is 0.373 e. The molecule has 0 aliphatic heterocycles. The maximum Gasteiger partial charge on any atom is 0.373 e. The van der Waals surface area contributed by atoms with Crippen molar-refractivity contribution in [2.45, 2.75) is 13.2 Å². The summed E-state index contributed by atoms with van der Waals surface area (Å²) in [6.07, 6.45) is 0. The Bertz CT molecular complexity index is 826. The van der Waals surface area contributed by atoms with Crippen molar-refractivity contribution in [2.24, 2.45) is 0 Å². The molecule has 3 aromatic rings. The van der Waals surface area contributed by atoms with Gasteiger partial charge in [-0.15, -0.1) is 4.68 Å². The highest BCUT2D eigenvalue weighted by atomic mass is 35.5. The number of aromatic nitrogens is 4.